The lowest BCUT2D eigenvalue weighted by molar-refractivity contribution is -0.388. The molecule has 0 amide bonds. The van der Waals surface area contributed by atoms with Crippen molar-refractivity contribution in [2.45, 2.75) is 17.2 Å². The predicted octanol–water partition coefficient (Wildman–Crippen LogP) is 0.143. The van der Waals surface area contributed by atoms with Crippen molar-refractivity contribution in [1.82, 2.24) is 9.97 Å². The van der Waals surface area contributed by atoms with Gasteiger partial charge in [-0.25, -0.2) is 10.8 Å². The second-order valence-corrected chi connectivity index (χ2v) is 4.32. The van der Waals surface area contributed by atoms with Crippen LogP contribution in [0.3, 0.4) is 0 Å². The predicted molar refractivity (Wildman–Crippen MR) is 58.9 cm³/mol. The largest absolute Gasteiger partial charge is 0.395 e. The summed E-state index contributed by atoms with van der Waals surface area (Å²) < 4.78 is 0. The van der Waals surface area contributed by atoms with E-state index in [4.69, 9.17) is 10.9 Å². The van der Waals surface area contributed by atoms with Crippen LogP contribution in [0.4, 0.5) is 11.6 Å². The monoisotopic (exact) mass is 245 g/mol. The van der Waals surface area contributed by atoms with Gasteiger partial charge in [0.25, 0.3) is 0 Å². The molecule has 1 aromatic rings. The Bertz CT molecular complexity index is 388. The fourth-order valence-corrected chi connectivity index (χ4v) is 1.71. The number of thioether (sulfide) groups is 1. The van der Waals surface area contributed by atoms with Crippen molar-refractivity contribution in [3.05, 3.63) is 16.3 Å². The molecule has 4 N–H and O–H groups in total. The van der Waals surface area contributed by atoms with Crippen molar-refractivity contribution in [2.75, 3.05) is 12.0 Å². The van der Waals surface area contributed by atoms with E-state index < -0.39 is 4.92 Å². The van der Waals surface area contributed by atoms with Crippen LogP contribution in [-0.2, 0) is 0 Å². The van der Waals surface area contributed by atoms with Crippen LogP contribution in [0.25, 0.3) is 0 Å². The third-order valence-corrected chi connectivity index (χ3v) is 2.71. The number of nitro groups is 1. The van der Waals surface area contributed by atoms with Crippen LogP contribution in [0.15, 0.2) is 11.2 Å². The average molecular weight is 245 g/mol. The molecule has 0 aliphatic heterocycles. The van der Waals surface area contributed by atoms with Gasteiger partial charge in [-0.15, -0.1) is 0 Å². The topological polar surface area (TPSA) is 127 Å². The maximum Gasteiger partial charge on any atom is 0.319 e. The molecule has 1 rings (SSSR count). The van der Waals surface area contributed by atoms with Crippen molar-refractivity contribution in [3.8, 4) is 0 Å². The Balaban J connectivity index is 3.05. The number of nitrogens with zero attached hydrogens (tertiary/aromatic N) is 3. The van der Waals surface area contributed by atoms with Gasteiger partial charge in [0.05, 0.1) is 11.5 Å². The second kappa shape index (κ2) is 5.58. The number of nitrogen functional groups attached to an aromatic ring is 1. The van der Waals surface area contributed by atoms with E-state index >= 15 is 0 Å². The number of anilines is 1. The summed E-state index contributed by atoms with van der Waals surface area (Å²) in [4.78, 5) is 17.6. The number of rotatable bonds is 5. The highest BCUT2D eigenvalue weighted by Gasteiger charge is 2.19. The van der Waals surface area contributed by atoms with Crippen molar-refractivity contribution in [3.63, 3.8) is 0 Å². The van der Waals surface area contributed by atoms with Crippen LogP contribution in [-0.4, -0.2) is 31.9 Å². The van der Waals surface area contributed by atoms with E-state index in [0.717, 1.165) is 18.0 Å². The molecular formula is C7H11N5O3S. The lowest BCUT2D eigenvalue weighted by Gasteiger charge is -2.07. The molecule has 9 heteroatoms. The third-order valence-electron chi connectivity index (χ3n) is 1.63. The zero-order valence-electron chi connectivity index (χ0n) is 8.45. The first-order chi connectivity index (χ1) is 7.58. The smallest absolute Gasteiger partial charge is 0.319 e. The van der Waals surface area contributed by atoms with Gasteiger partial charge < -0.3 is 5.11 Å². The maximum atomic E-state index is 10.7. The molecule has 0 saturated carbocycles. The zero-order chi connectivity index (χ0) is 12.1. The lowest BCUT2D eigenvalue weighted by Crippen LogP contribution is -2.12. The molecule has 0 aliphatic carbocycles. The standard InChI is InChI=1S/C7H11N5O3S/c1-4(3-13)16-6-5(12(14)15)2-9-7(10-6)11-8/h2,4,13H,3,8H2,1H3,(H,9,10,11). The molecule has 16 heavy (non-hydrogen) atoms. The van der Waals surface area contributed by atoms with Crippen molar-refractivity contribution in [2.24, 2.45) is 5.84 Å². The molecule has 1 aromatic heterocycles. The zero-order valence-corrected chi connectivity index (χ0v) is 9.27. The van der Waals surface area contributed by atoms with Gasteiger partial charge in [0.15, 0.2) is 5.03 Å². The number of aromatic nitrogens is 2. The van der Waals surface area contributed by atoms with Gasteiger partial charge in [0.2, 0.25) is 5.95 Å². The molecule has 1 unspecified atom stereocenters. The minimum Gasteiger partial charge on any atom is -0.395 e. The Morgan fingerprint density at radius 2 is 2.50 bits per heavy atom. The van der Waals surface area contributed by atoms with Gasteiger partial charge in [-0.05, 0) is 0 Å². The lowest BCUT2D eigenvalue weighted by atomic mass is 10.5. The van der Waals surface area contributed by atoms with E-state index in [0.29, 0.717) is 0 Å². The van der Waals surface area contributed by atoms with Crippen molar-refractivity contribution >= 4 is 23.4 Å². The molecule has 0 radical (unpaired) electrons. The molecule has 0 spiro atoms. The van der Waals surface area contributed by atoms with E-state index in [1.165, 1.54) is 0 Å². The SMILES string of the molecule is CC(CO)Sc1nc(NN)ncc1[N+](=O)[O-]. The number of hydrogen-bond acceptors (Lipinski definition) is 8. The Hall–Kier alpha value is -1.45. The molecule has 0 fully saturated rings. The van der Waals surface area contributed by atoms with Gasteiger partial charge in [0, 0.05) is 5.25 Å². The summed E-state index contributed by atoms with van der Waals surface area (Å²) >= 11 is 1.09. The Morgan fingerprint density at radius 3 is 3.00 bits per heavy atom. The van der Waals surface area contributed by atoms with Crippen LogP contribution in [0, 0.1) is 10.1 Å². The Labute approximate surface area is 95.4 Å². The number of aliphatic hydroxyl groups excluding tert-OH is 1. The molecule has 88 valence electrons. The summed E-state index contributed by atoms with van der Waals surface area (Å²) in [6.07, 6.45) is 1.08. The van der Waals surface area contributed by atoms with E-state index in [2.05, 4.69) is 15.4 Å². The Kier molecular flexibility index (Phi) is 4.40. The molecule has 0 saturated heterocycles. The molecule has 1 atom stereocenters. The van der Waals surface area contributed by atoms with Gasteiger partial charge in [-0.1, -0.05) is 18.7 Å². The highest BCUT2D eigenvalue weighted by molar-refractivity contribution is 8.00. The summed E-state index contributed by atoms with van der Waals surface area (Å²) in [5.74, 6) is 5.20. The summed E-state index contributed by atoms with van der Waals surface area (Å²) in [6.45, 7) is 1.63. The second-order valence-electron chi connectivity index (χ2n) is 2.90. The fourth-order valence-electron chi connectivity index (χ4n) is 0.869. The average Bonchev–Trinajstić information content (AvgIpc) is 2.28. The van der Waals surface area contributed by atoms with Gasteiger partial charge in [0.1, 0.15) is 6.20 Å². The number of aliphatic hydroxyl groups is 1. The van der Waals surface area contributed by atoms with Crippen LogP contribution in [0.1, 0.15) is 6.92 Å². The molecule has 8 nitrogen and oxygen atoms in total. The first kappa shape index (κ1) is 12.6. The number of nitrogens with one attached hydrogen (secondary N) is 1. The highest BCUT2D eigenvalue weighted by atomic mass is 32.2. The molecule has 1 heterocycles. The van der Waals surface area contributed by atoms with Gasteiger partial charge in [-0.3, -0.25) is 15.5 Å². The quantitative estimate of drug-likeness (QED) is 0.220. The maximum absolute atomic E-state index is 10.7. The highest BCUT2D eigenvalue weighted by Crippen LogP contribution is 2.29. The summed E-state index contributed by atoms with van der Waals surface area (Å²) in [5.41, 5.74) is 2.00. The van der Waals surface area contributed by atoms with Crippen molar-refractivity contribution in [1.29, 1.82) is 0 Å². The minimum atomic E-state index is -0.577. The van der Waals surface area contributed by atoms with Crippen LogP contribution >= 0.6 is 11.8 Å². The normalized spacial score (nSPS) is 12.2. The van der Waals surface area contributed by atoms with E-state index in [9.17, 15) is 10.1 Å². The van der Waals surface area contributed by atoms with Crippen LogP contribution in [0.2, 0.25) is 0 Å². The van der Waals surface area contributed by atoms with E-state index in [-0.39, 0.29) is 28.5 Å². The molecule has 0 aromatic carbocycles. The first-order valence-corrected chi connectivity index (χ1v) is 5.22. The third kappa shape index (κ3) is 3.02. The molecule has 0 bridgehead atoms. The first-order valence-electron chi connectivity index (χ1n) is 4.34. The number of hydrogen-bond donors (Lipinski definition) is 3. The molecular weight excluding hydrogens is 234 g/mol. The summed E-state index contributed by atoms with van der Waals surface area (Å²) in [7, 11) is 0. The van der Waals surface area contributed by atoms with E-state index in [1.807, 2.05) is 0 Å². The van der Waals surface area contributed by atoms with Gasteiger partial charge in [-0.2, -0.15) is 4.98 Å². The number of nitrogens with two attached hydrogens (primary N) is 1. The summed E-state index contributed by atoms with van der Waals surface area (Å²) in [5, 5.41) is 19.5. The Morgan fingerprint density at radius 1 is 1.81 bits per heavy atom. The number of hydrazine groups is 1. The fraction of sp³-hybridized carbons (Fsp3) is 0.429. The summed E-state index contributed by atoms with van der Waals surface area (Å²) in [6, 6.07) is 0. The van der Waals surface area contributed by atoms with E-state index in [1.54, 1.807) is 6.92 Å². The van der Waals surface area contributed by atoms with Crippen LogP contribution in [0.5, 0.6) is 0 Å². The van der Waals surface area contributed by atoms with Crippen LogP contribution < -0.4 is 11.3 Å². The van der Waals surface area contributed by atoms with Crippen molar-refractivity contribution < 1.29 is 10.0 Å². The van der Waals surface area contributed by atoms with Gasteiger partial charge >= 0.3 is 5.69 Å². The minimum absolute atomic E-state index is 0.0956. The molecule has 0 aliphatic rings.